The molecule has 2 aromatic rings. The number of hydrogen-bond acceptors (Lipinski definition) is 4. The number of guanidine groups is 1. The maximum Gasteiger partial charge on any atom is 0.239 e. The van der Waals surface area contributed by atoms with Crippen molar-refractivity contribution >= 4 is 32.6 Å². The van der Waals surface area contributed by atoms with Gasteiger partial charge in [-0.05, 0) is 37.5 Å². The Bertz CT molecular complexity index is 950. The standard InChI is InChI=1S/C18H26FN5O2S/c1-3-5-7-16(22-23-18(20)21)15-12-24(27(25,26)10-6-4-2)17-11-13(19)8-9-14(15)17/h8-9,11-12H,3-7,10H2,1-2H3,(H4,20,21,23). The number of unbranched alkanes of at least 4 members (excludes halogenated alkanes) is 2. The fourth-order valence-electron chi connectivity index (χ4n) is 2.78. The minimum atomic E-state index is -3.62. The van der Waals surface area contributed by atoms with E-state index in [-0.39, 0.29) is 17.2 Å². The highest BCUT2D eigenvalue weighted by Crippen LogP contribution is 2.26. The predicted molar refractivity (Wildman–Crippen MR) is 107 cm³/mol. The number of hydrazone groups is 1. The van der Waals surface area contributed by atoms with E-state index in [1.807, 2.05) is 13.8 Å². The van der Waals surface area contributed by atoms with Crippen molar-refractivity contribution in [3.63, 3.8) is 0 Å². The first-order valence-electron chi connectivity index (χ1n) is 9.01. The molecule has 0 amide bonds. The second-order valence-corrected chi connectivity index (χ2v) is 8.32. The van der Waals surface area contributed by atoms with Crippen molar-refractivity contribution in [1.29, 1.82) is 5.41 Å². The van der Waals surface area contributed by atoms with Crippen LogP contribution >= 0.6 is 0 Å². The minimum Gasteiger partial charge on any atom is -0.369 e. The Morgan fingerprint density at radius 1 is 1.30 bits per heavy atom. The average Bonchev–Trinajstić information content (AvgIpc) is 2.99. The molecule has 27 heavy (non-hydrogen) atoms. The monoisotopic (exact) mass is 395 g/mol. The van der Waals surface area contributed by atoms with E-state index in [0.29, 0.717) is 29.5 Å². The van der Waals surface area contributed by atoms with Gasteiger partial charge in [-0.2, -0.15) is 5.10 Å². The fourth-order valence-corrected chi connectivity index (χ4v) is 4.35. The van der Waals surface area contributed by atoms with Crippen LogP contribution in [0.2, 0.25) is 0 Å². The van der Waals surface area contributed by atoms with Crippen molar-refractivity contribution in [2.24, 2.45) is 10.8 Å². The first-order chi connectivity index (χ1) is 12.8. The summed E-state index contributed by atoms with van der Waals surface area (Å²) in [7, 11) is -3.62. The van der Waals surface area contributed by atoms with E-state index in [1.54, 1.807) is 6.07 Å². The van der Waals surface area contributed by atoms with Crippen LogP contribution < -0.4 is 11.2 Å². The Morgan fingerprint density at radius 3 is 2.63 bits per heavy atom. The van der Waals surface area contributed by atoms with Gasteiger partial charge in [0.15, 0.2) is 0 Å². The molecule has 0 saturated heterocycles. The Kier molecular flexibility index (Phi) is 6.95. The van der Waals surface area contributed by atoms with E-state index in [9.17, 15) is 12.8 Å². The molecule has 1 heterocycles. The summed E-state index contributed by atoms with van der Waals surface area (Å²) >= 11 is 0. The lowest BCUT2D eigenvalue weighted by Crippen LogP contribution is -2.27. The van der Waals surface area contributed by atoms with E-state index >= 15 is 0 Å². The van der Waals surface area contributed by atoms with E-state index < -0.39 is 15.8 Å². The predicted octanol–water partition coefficient (Wildman–Crippen LogP) is 3.14. The van der Waals surface area contributed by atoms with Gasteiger partial charge in [-0.1, -0.05) is 26.7 Å². The zero-order valence-corrected chi connectivity index (χ0v) is 16.4. The third-order valence-electron chi connectivity index (χ3n) is 4.18. The third kappa shape index (κ3) is 5.06. The molecule has 0 aliphatic heterocycles. The number of benzene rings is 1. The summed E-state index contributed by atoms with van der Waals surface area (Å²) < 4.78 is 40.5. The van der Waals surface area contributed by atoms with Gasteiger partial charge in [0.2, 0.25) is 16.0 Å². The summed E-state index contributed by atoms with van der Waals surface area (Å²) in [5, 5.41) is 12.1. The number of hydrogen-bond donors (Lipinski definition) is 3. The van der Waals surface area contributed by atoms with Gasteiger partial charge in [-0.25, -0.2) is 22.2 Å². The van der Waals surface area contributed by atoms with Crippen LogP contribution in [0.1, 0.15) is 51.5 Å². The van der Waals surface area contributed by atoms with Gasteiger partial charge in [0, 0.05) is 17.1 Å². The molecule has 4 N–H and O–H groups in total. The second-order valence-electron chi connectivity index (χ2n) is 6.36. The Morgan fingerprint density at radius 2 is 2.00 bits per heavy atom. The SMILES string of the molecule is CCCCC(=NNC(=N)N)c1cn(S(=O)(=O)CCCC)c2cc(F)ccc12. The highest BCUT2D eigenvalue weighted by molar-refractivity contribution is 7.90. The van der Waals surface area contributed by atoms with Gasteiger partial charge in [0.25, 0.3) is 0 Å². The second kappa shape index (κ2) is 8.98. The zero-order valence-electron chi connectivity index (χ0n) is 15.6. The number of aromatic nitrogens is 1. The molecule has 2 rings (SSSR count). The Hall–Kier alpha value is -2.42. The van der Waals surface area contributed by atoms with E-state index in [2.05, 4.69) is 10.5 Å². The minimum absolute atomic E-state index is 0.0175. The van der Waals surface area contributed by atoms with Gasteiger partial charge < -0.3 is 5.73 Å². The lowest BCUT2D eigenvalue weighted by molar-refractivity contribution is 0.585. The van der Waals surface area contributed by atoms with Crippen LogP contribution in [-0.4, -0.2) is 29.8 Å². The van der Waals surface area contributed by atoms with Crippen LogP contribution in [0, 0.1) is 11.2 Å². The van der Waals surface area contributed by atoms with Gasteiger partial charge in [-0.15, -0.1) is 0 Å². The smallest absolute Gasteiger partial charge is 0.239 e. The Balaban J connectivity index is 2.65. The summed E-state index contributed by atoms with van der Waals surface area (Å²) in [4.78, 5) is 0. The molecule has 9 heteroatoms. The van der Waals surface area contributed by atoms with Gasteiger partial charge >= 0.3 is 0 Å². The topological polar surface area (TPSA) is 113 Å². The summed E-state index contributed by atoms with van der Waals surface area (Å²) in [5.74, 6) is -0.835. The highest BCUT2D eigenvalue weighted by atomic mass is 32.2. The van der Waals surface area contributed by atoms with Gasteiger partial charge in [0.1, 0.15) is 5.82 Å². The zero-order chi connectivity index (χ0) is 20.0. The highest BCUT2D eigenvalue weighted by Gasteiger charge is 2.21. The number of nitrogens with zero attached hydrogens (tertiary/aromatic N) is 2. The molecular weight excluding hydrogens is 369 g/mol. The molecule has 0 radical (unpaired) electrons. The largest absolute Gasteiger partial charge is 0.369 e. The molecule has 0 spiro atoms. The lowest BCUT2D eigenvalue weighted by Gasteiger charge is -2.06. The maximum atomic E-state index is 13.8. The van der Waals surface area contributed by atoms with Crippen LogP contribution in [0.4, 0.5) is 4.39 Å². The van der Waals surface area contributed by atoms with Crippen molar-refractivity contribution < 1.29 is 12.8 Å². The summed E-state index contributed by atoms with van der Waals surface area (Å²) in [6.45, 7) is 3.95. The number of fused-ring (bicyclic) bond motifs is 1. The molecule has 1 aromatic carbocycles. The molecule has 0 aliphatic rings. The molecular formula is C18H26FN5O2S. The fraction of sp³-hybridized carbons (Fsp3) is 0.444. The van der Waals surface area contributed by atoms with Crippen LogP contribution in [0.25, 0.3) is 10.9 Å². The number of nitrogens with one attached hydrogen (secondary N) is 2. The van der Waals surface area contributed by atoms with Crippen molar-refractivity contribution in [2.75, 3.05) is 5.75 Å². The Labute approximate surface area is 159 Å². The molecule has 0 saturated carbocycles. The number of rotatable bonds is 9. The van der Waals surface area contributed by atoms with Crippen LogP contribution in [0.15, 0.2) is 29.5 Å². The molecule has 0 atom stereocenters. The van der Waals surface area contributed by atoms with Crippen molar-refractivity contribution in [2.45, 2.75) is 46.0 Å². The molecule has 148 valence electrons. The summed E-state index contributed by atoms with van der Waals surface area (Å²) in [6, 6.07) is 4.07. The lowest BCUT2D eigenvalue weighted by atomic mass is 10.0. The van der Waals surface area contributed by atoms with Crippen molar-refractivity contribution in [3.8, 4) is 0 Å². The normalized spacial score (nSPS) is 12.5. The maximum absolute atomic E-state index is 13.8. The van der Waals surface area contributed by atoms with Crippen LogP contribution in [-0.2, 0) is 10.0 Å². The van der Waals surface area contributed by atoms with E-state index in [4.69, 9.17) is 11.1 Å². The first kappa shape index (κ1) is 20.9. The van der Waals surface area contributed by atoms with Crippen molar-refractivity contribution in [3.05, 3.63) is 35.8 Å². The van der Waals surface area contributed by atoms with Gasteiger partial charge in [0.05, 0.1) is 17.0 Å². The molecule has 0 unspecified atom stereocenters. The average molecular weight is 396 g/mol. The molecule has 1 aromatic heterocycles. The number of nitrogens with two attached hydrogens (primary N) is 1. The van der Waals surface area contributed by atoms with E-state index in [0.717, 1.165) is 23.2 Å². The molecule has 0 bridgehead atoms. The molecule has 0 fully saturated rings. The van der Waals surface area contributed by atoms with E-state index in [1.165, 1.54) is 18.3 Å². The quantitative estimate of drug-likeness (QED) is 0.344. The summed E-state index contributed by atoms with van der Waals surface area (Å²) in [6.07, 6.45) is 5.07. The van der Waals surface area contributed by atoms with Gasteiger partial charge in [-0.3, -0.25) is 5.41 Å². The van der Waals surface area contributed by atoms with Crippen molar-refractivity contribution in [1.82, 2.24) is 9.40 Å². The molecule has 7 nitrogen and oxygen atoms in total. The first-order valence-corrected chi connectivity index (χ1v) is 10.6. The molecule has 0 aliphatic carbocycles. The summed E-state index contributed by atoms with van der Waals surface area (Å²) in [5.41, 5.74) is 9.20. The number of halogens is 1. The van der Waals surface area contributed by atoms with Crippen LogP contribution in [0.3, 0.4) is 0 Å². The third-order valence-corrected chi connectivity index (χ3v) is 5.88. The van der Waals surface area contributed by atoms with Crippen LogP contribution in [0.5, 0.6) is 0 Å².